The highest BCUT2D eigenvalue weighted by molar-refractivity contribution is 7.93. The normalized spacial score (nSPS) is 11.3. The third kappa shape index (κ3) is 3.06. The molecule has 0 bridgehead atoms. The van der Waals surface area contributed by atoms with Crippen LogP contribution in [0.2, 0.25) is 0 Å². The molecule has 0 saturated carbocycles. The Kier molecular flexibility index (Phi) is 4.41. The first-order valence-corrected chi connectivity index (χ1v) is 8.90. The van der Waals surface area contributed by atoms with Crippen molar-refractivity contribution in [3.05, 3.63) is 66.4 Å². The molecule has 7 heteroatoms. The molecule has 0 aliphatic carbocycles. The van der Waals surface area contributed by atoms with Crippen molar-refractivity contribution in [3.8, 4) is 0 Å². The standard InChI is InChI=1S/C18H16N2O4S/c1-20(15-10-8-14(9-11-15)18(21)24-2)25(22,23)16-7-3-5-13-6-4-12-19-17(13)16/h3-12H,1-2H3. The molecule has 0 aliphatic rings. The van der Waals surface area contributed by atoms with Crippen LogP contribution in [0.3, 0.4) is 0 Å². The lowest BCUT2D eigenvalue weighted by molar-refractivity contribution is 0.0601. The van der Waals surface area contributed by atoms with Gasteiger partial charge in [0.2, 0.25) is 0 Å². The summed E-state index contributed by atoms with van der Waals surface area (Å²) in [6, 6.07) is 14.8. The molecule has 3 aromatic rings. The number of carbonyl (C=O) groups excluding carboxylic acids is 1. The molecule has 0 fully saturated rings. The van der Waals surface area contributed by atoms with Gasteiger partial charge in [0.25, 0.3) is 10.0 Å². The second-order valence-corrected chi connectivity index (χ2v) is 7.28. The van der Waals surface area contributed by atoms with Gasteiger partial charge in [0.05, 0.1) is 23.9 Å². The number of para-hydroxylation sites is 1. The molecule has 0 atom stereocenters. The molecule has 0 N–H and O–H groups in total. The highest BCUT2D eigenvalue weighted by atomic mass is 32.2. The Morgan fingerprint density at radius 3 is 2.40 bits per heavy atom. The van der Waals surface area contributed by atoms with Crippen molar-refractivity contribution in [2.45, 2.75) is 4.90 Å². The maximum absolute atomic E-state index is 13.0. The lowest BCUT2D eigenvalue weighted by atomic mass is 10.2. The summed E-state index contributed by atoms with van der Waals surface area (Å²) in [6.45, 7) is 0. The number of fused-ring (bicyclic) bond motifs is 1. The van der Waals surface area contributed by atoms with Gasteiger partial charge in [0.1, 0.15) is 4.90 Å². The van der Waals surface area contributed by atoms with Crippen LogP contribution in [0.15, 0.2) is 65.7 Å². The fraction of sp³-hybridized carbons (Fsp3) is 0.111. The summed E-state index contributed by atoms with van der Waals surface area (Å²) < 4.78 is 31.8. The molecule has 0 aliphatic heterocycles. The quantitative estimate of drug-likeness (QED) is 0.672. The minimum atomic E-state index is -3.80. The van der Waals surface area contributed by atoms with E-state index in [0.29, 0.717) is 16.8 Å². The number of ether oxygens (including phenoxy) is 1. The second kappa shape index (κ2) is 6.52. The van der Waals surface area contributed by atoms with Gasteiger partial charge >= 0.3 is 5.97 Å². The van der Waals surface area contributed by atoms with Crippen LogP contribution in [0.4, 0.5) is 5.69 Å². The van der Waals surface area contributed by atoms with E-state index in [1.807, 2.05) is 12.1 Å². The van der Waals surface area contributed by atoms with Gasteiger partial charge in [0, 0.05) is 18.6 Å². The topological polar surface area (TPSA) is 76.6 Å². The van der Waals surface area contributed by atoms with E-state index in [2.05, 4.69) is 9.72 Å². The van der Waals surface area contributed by atoms with Crippen molar-refractivity contribution < 1.29 is 17.9 Å². The Bertz CT molecular complexity index is 1030. The van der Waals surface area contributed by atoms with Gasteiger partial charge in [-0.15, -0.1) is 0 Å². The van der Waals surface area contributed by atoms with E-state index in [-0.39, 0.29) is 4.90 Å². The van der Waals surface area contributed by atoms with Crippen LogP contribution in [0, 0.1) is 0 Å². The molecule has 0 saturated heterocycles. The molecule has 128 valence electrons. The van der Waals surface area contributed by atoms with E-state index in [1.165, 1.54) is 32.4 Å². The van der Waals surface area contributed by atoms with Gasteiger partial charge < -0.3 is 4.74 Å². The van der Waals surface area contributed by atoms with Crippen LogP contribution in [-0.2, 0) is 14.8 Å². The zero-order valence-electron chi connectivity index (χ0n) is 13.7. The summed E-state index contributed by atoms with van der Waals surface area (Å²) in [6.07, 6.45) is 1.56. The number of pyridine rings is 1. The van der Waals surface area contributed by atoms with Crippen LogP contribution >= 0.6 is 0 Å². The van der Waals surface area contributed by atoms with Crippen LogP contribution in [0.25, 0.3) is 10.9 Å². The van der Waals surface area contributed by atoms with E-state index in [1.54, 1.807) is 30.5 Å². The molecular weight excluding hydrogens is 340 g/mol. The van der Waals surface area contributed by atoms with E-state index in [9.17, 15) is 13.2 Å². The number of hydrogen-bond acceptors (Lipinski definition) is 5. The monoisotopic (exact) mass is 356 g/mol. The van der Waals surface area contributed by atoms with Crippen LogP contribution in [0.1, 0.15) is 10.4 Å². The van der Waals surface area contributed by atoms with Gasteiger partial charge in [-0.3, -0.25) is 9.29 Å². The van der Waals surface area contributed by atoms with E-state index in [4.69, 9.17) is 0 Å². The third-order valence-corrected chi connectivity index (χ3v) is 5.70. The first-order valence-electron chi connectivity index (χ1n) is 7.46. The molecule has 25 heavy (non-hydrogen) atoms. The number of methoxy groups -OCH3 is 1. The molecular formula is C18H16N2O4S. The first-order chi connectivity index (χ1) is 11.9. The molecule has 0 unspecified atom stereocenters. The first kappa shape index (κ1) is 16.9. The number of aromatic nitrogens is 1. The zero-order valence-corrected chi connectivity index (χ0v) is 14.5. The molecule has 6 nitrogen and oxygen atoms in total. The van der Waals surface area contributed by atoms with Crippen molar-refractivity contribution in [1.29, 1.82) is 0 Å². The SMILES string of the molecule is COC(=O)c1ccc(N(C)S(=O)(=O)c2cccc3cccnc23)cc1. The summed E-state index contributed by atoms with van der Waals surface area (Å²) in [7, 11) is -1.05. The Balaban J connectivity index is 2.03. The van der Waals surface area contributed by atoms with Gasteiger partial charge in [0.15, 0.2) is 0 Å². The minimum Gasteiger partial charge on any atom is -0.465 e. The van der Waals surface area contributed by atoms with Crippen molar-refractivity contribution in [1.82, 2.24) is 4.98 Å². The van der Waals surface area contributed by atoms with Crippen LogP contribution in [0.5, 0.6) is 0 Å². The summed E-state index contributed by atoms with van der Waals surface area (Å²) in [5, 5.41) is 0.748. The summed E-state index contributed by atoms with van der Waals surface area (Å²) >= 11 is 0. The molecule has 2 aromatic carbocycles. The smallest absolute Gasteiger partial charge is 0.337 e. The van der Waals surface area contributed by atoms with Crippen LogP contribution < -0.4 is 4.31 Å². The number of esters is 1. The number of benzene rings is 2. The van der Waals surface area contributed by atoms with Gasteiger partial charge in [-0.05, 0) is 36.4 Å². The minimum absolute atomic E-state index is 0.130. The fourth-order valence-corrected chi connectivity index (χ4v) is 3.86. The Morgan fingerprint density at radius 1 is 1.04 bits per heavy atom. The fourth-order valence-electron chi connectivity index (χ4n) is 2.50. The largest absolute Gasteiger partial charge is 0.465 e. The molecule has 3 rings (SSSR count). The Morgan fingerprint density at radius 2 is 1.72 bits per heavy atom. The maximum Gasteiger partial charge on any atom is 0.337 e. The summed E-state index contributed by atoms with van der Waals surface area (Å²) in [5.74, 6) is -0.477. The lowest BCUT2D eigenvalue weighted by Gasteiger charge is -2.20. The molecule has 0 amide bonds. The van der Waals surface area contributed by atoms with E-state index < -0.39 is 16.0 Å². The summed E-state index contributed by atoms with van der Waals surface area (Å²) in [5.41, 5.74) is 1.20. The second-order valence-electron chi connectivity index (χ2n) is 5.34. The number of nitrogens with zero attached hydrogens (tertiary/aromatic N) is 2. The Labute approximate surface area is 145 Å². The predicted molar refractivity (Wildman–Crippen MR) is 95.1 cm³/mol. The number of rotatable bonds is 4. The zero-order chi connectivity index (χ0) is 18.0. The number of sulfonamides is 1. The summed E-state index contributed by atoms with van der Waals surface area (Å²) in [4.78, 5) is 15.8. The number of hydrogen-bond donors (Lipinski definition) is 0. The highest BCUT2D eigenvalue weighted by Crippen LogP contribution is 2.27. The van der Waals surface area contributed by atoms with Crippen LogP contribution in [-0.4, -0.2) is 33.5 Å². The Hall–Kier alpha value is -2.93. The average Bonchev–Trinajstić information content (AvgIpc) is 2.66. The molecule has 0 radical (unpaired) electrons. The molecule has 1 aromatic heterocycles. The molecule has 0 spiro atoms. The van der Waals surface area contributed by atoms with Crippen molar-refractivity contribution in [3.63, 3.8) is 0 Å². The van der Waals surface area contributed by atoms with Gasteiger partial charge in [-0.25, -0.2) is 13.2 Å². The number of carbonyl (C=O) groups is 1. The van der Waals surface area contributed by atoms with Gasteiger partial charge in [-0.1, -0.05) is 18.2 Å². The third-order valence-electron chi connectivity index (χ3n) is 3.89. The van der Waals surface area contributed by atoms with Crippen molar-refractivity contribution >= 4 is 32.6 Å². The highest BCUT2D eigenvalue weighted by Gasteiger charge is 2.24. The van der Waals surface area contributed by atoms with Crippen molar-refractivity contribution in [2.24, 2.45) is 0 Å². The van der Waals surface area contributed by atoms with E-state index in [0.717, 1.165) is 9.69 Å². The number of anilines is 1. The van der Waals surface area contributed by atoms with Crippen molar-refractivity contribution in [2.75, 3.05) is 18.5 Å². The predicted octanol–water partition coefficient (Wildman–Crippen LogP) is 2.85. The average molecular weight is 356 g/mol. The van der Waals surface area contributed by atoms with Gasteiger partial charge in [-0.2, -0.15) is 0 Å². The molecule has 1 heterocycles. The maximum atomic E-state index is 13.0. The van der Waals surface area contributed by atoms with E-state index >= 15 is 0 Å². The lowest BCUT2D eigenvalue weighted by Crippen LogP contribution is -2.27.